The Kier molecular flexibility index (Phi) is 4.15. The van der Waals surface area contributed by atoms with Crippen molar-refractivity contribution in [3.63, 3.8) is 0 Å². The second-order valence-corrected chi connectivity index (χ2v) is 5.56. The van der Waals surface area contributed by atoms with Crippen molar-refractivity contribution < 1.29 is 4.79 Å². The summed E-state index contributed by atoms with van der Waals surface area (Å²) in [6, 6.07) is 1.68. The van der Waals surface area contributed by atoms with Gasteiger partial charge in [-0.3, -0.25) is 4.79 Å². The fourth-order valence-corrected chi connectivity index (χ4v) is 2.32. The number of nitrogens with one attached hydrogen (secondary N) is 1. The van der Waals surface area contributed by atoms with E-state index < -0.39 is 0 Å². The van der Waals surface area contributed by atoms with Crippen LogP contribution >= 0.6 is 38.9 Å². The van der Waals surface area contributed by atoms with E-state index in [0.717, 1.165) is 4.47 Å². The fourth-order valence-electron chi connectivity index (χ4n) is 1.27. The van der Waals surface area contributed by atoms with Crippen LogP contribution in [0.4, 0.5) is 10.8 Å². The Balaban J connectivity index is 2.05. The molecule has 0 saturated carbocycles. The highest BCUT2D eigenvalue weighted by molar-refractivity contribution is 9.10. The number of carbonyl (C=O) groups is 1. The number of nitrogen functional groups attached to an aromatic ring is 1. The van der Waals surface area contributed by atoms with Gasteiger partial charge in [0.1, 0.15) is 0 Å². The summed E-state index contributed by atoms with van der Waals surface area (Å²) in [5.41, 5.74) is 6.58. The molecule has 3 N–H and O–H groups in total. The average Bonchev–Trinajstić information content (AvgIpc) is 2.69. The monoisotopic (exact) mass is 346 g/mol. The lowest BCUT2D eigenvalue weighted by molar-refractivity contribution is -0.115. The molecule has 0 spiro atoms. The van der Waals surface area contributed by atoms with E-state index in [1.165, 1.54) is 11.3 Å². The Morgan fingerprint density at radius 3 is 3.06 bits per heavy atom. The van der Waals surface area contributed by atoms with Crippen molar-refractivity contribution in [2.45, 2.75) is 6.42 Å². The number of hydrogen-bond donors (Lipinski definition) is 2. The predicted molar refractivity (Wildman–Crippen MR) is 75.8 cm³/mol. The van der Waals surface area contributed by atoms with Crippen LogP contribution in [0.1, 0.15) is 5.69 Å². The Bertz CT molecular complexity index is 589. The molecule has 0 bridgehead atoms. The van der Waals surface area contributed by atoms with Gasteiger partial charge in [-0.2, -0.15) is 0 Å². The third-order valence-corrected chi connectivity index (χ3v) is 3.45. The zero-order valence-electron chi connectivity index (χ0n) is 8.98. The Morgan fingerprint density at radius 1 is 1.61 bits per heavy atom. The molecule has 2 aromatic heterocycles. The average molecular weight is 348 g/mol. The van der Waals surface area contributed by atoms with Crippen LogP contribution in [0.25, 0.3) is 0 Å². The summed E-state index contributed by atoms with van der Waals surface area (Å²) in [4.78, 5) is 19.7. The molecule has 2 aromatic rings. The Labute approximate surface area is 121 Å². The number of pyridine rings is 1. The van der Waals surface area contributed by atoms with E-state index >= 15 is 0 Å². The van der Waals surface area contributed by atoms with Crippen LogP contribution in [-0.2, 0) is 11.2 Å². The highest BCUT2D eigenvalue weighted by Crippen LogP contribution is 2.23. The van der Waals surface area contributed by atoms with Crippen LogP contribution < -0.4 is 11.1 Å². The predicted octanol–water partition coefficient (Wildman–Crippen LogP) is 2.72. The van der Waals surface area contributed by atoms with Gasteiger partial charge in [0.25, 0.3) is 0 Å². The number of amides is 1. The number of aromatic nitrogens is 2. The van der Waals surface area contributed by atoms with Crippen molar-refractivity contribution in [1.82, 2.24) is 9.97 Å². The first-order chi connectivity index (χ1) is 8.54. The van der Waals surface area contributed by atoms with Gasteiger partial charge in [0, 0.05) is 16.0 Å². The number of nitrogens with two attached hydrogens (primary N) is 1. The maximum Gasteiger partial charge on any atom is 0.230 e. The number of rotatable bonds is 3. The molecule has 2 heterocycles. The van der Waals surface area contributed by atoms with Gasteiger partial charge in [0.15, 0.2) is 10.3 Å². The molecule has 0 aliphatic heterocycles. The molecule has 94 valence electrons. The minimum Gasteiger partial charge on any atom is -0.375 e. The first-order valence-corrected chi connectivity index (χ1v) is 6.90. The van der Waals surface area contributed by atoms with E-state index in [2.05, 4.69) is 31.2 Å². The molecular formula is C10H8BrClN4OS. The van der Waals surface area contributed by atoms with Crippen molar-refractivity contribution in [1.29, 1.82) is 0 Å². The lowest BCUT2D eigenvalue weighted by atomic mass is 10.3. The van der Waals surface area contributed by atoms with E-state index in [1.807, 2.05) is 0 Å². The van der Waals surface area contributed by atoms with Crippen LogP contribution in [0.15, 0.2) is 22.1 Å². The number of anilines is 2. The molecule has 5 nitrogen and oxygen atoms in total. The maximum atomic E-state index is 11.8. The number of halogens is 2. The Hall–Kier alpha value is -1.18. The first kappa shape index (κ1) is 13.3. The molecule has 0 unspecified atom stereocenters. The molecule has 0 atom stereocenters. The molecule has 1 amide bonds. The van der Waals surface area contributed by atoms with Crippen LogP contribution in [-0.4, -0.2) is 15.9 Å². The van der Waals surface area contributed by atoms with Crippen molar-refractivity contribution >= 4 is 55.6 Å². The minimum absolute atomic E-state index is 0.149. The van der Waals surface area contributed by atoms with Crippen LogP contribution in [0.3, 0.4) is 0 Å². The molecule has 0 aromatic carbocycles. The first-order valence-electron chi connectivity index (χ1n) is 4.85. The summed E-state index contributed by atoms with van der Waals surface area (Å²) in [5, 5.41) is 5.10. The number of nitrogens with zero attached hydrogens (tertiary/aromatic N) is 2. The molecule has 18 heavy (non-hydrogen) atoms. The Morgan fingerprint density at radius 2 is 2.39 bits per heavy atom. The van der Waals surface area contributed by atoms with Gasteiger partial charge < -0.3 is 11.1 Å². The third-order valence-electron chi connectivity index (χ3n) is 1.99. The highest BCUT2D eigenvalue weighted by atomic mass is 79.9. The maximum absolute atomic E-state index is 11.8. The molecular weight excluding hydrogens is 340 g/mol. The summed E-state index contributed by atoms with van der Waals surface area (Å²) in [5.74, 6) is -0.220. The molecule has 0 radical (unpaired) electrons. The second kappa shape index (κ2) is 5.64. The smallest absolute Gasteiger partial charge is 0.230 e. The van der Waals surface area contributed by atoms with Gasteiger partial charge >= 0.3 is 0 Å². The van der Waals surface area contributed by atoms with E-state index in [9.17, 15) is 4.79 Å². The van der Waals surface area contributed by atoms with Gasteiger partial charge in [0.05, 0.1) is 17.8 Å². The lowest BCUT2D eigenvalue weighted by Crippen LogP contribution is -2.15. The topological polar surface area (TPSA) is 80.9 Å². The van der Waals surface area contributed by atoms with Gasteiger partial charge in [0.2, 0.25) is 5.91 Å². The van der Waals surface area contributed by atoms with Crippen molar-refractivity contribution in [3.8, 4) is 0 Å². The van der Waals surface area contributed by atoms with Gasteiger partial charge in [-0.25, -0.2) is 9.97 Å². The summed E-state index contributed by atoms with van der Waals surface area (Å²) < 4.78 is 0.736. The van der Waals surface area contributed by atoms with Crippen molar-refractivity contribution in [2.75, 3.05) is 11.1 Å². The molecule has 0 aliphatic rings. The number of hydrogen-bond acceptors (Lipinski definition) is 5. The number of thiazole rings is 1. The van der Waals surface area contributed by atoms with Crippen molar-refractivity contribution in [3.05, 3.63) is 33.0 Å². The normalized spacial score (nSPS) is 10.3. The quantitative estimate of drug-likeness (QED) is 0.837. The molecule has 0 saturated heterocycles. The zero-order chi connectivity index (χ0) is 13.1. The summed E-state index contributed by atoms with van der Waals surface area (Å²) in [7, 11) is 0. The summed E-state index contributed by atoms with van der Waals surface area (Å²) in [6.45, 7) is 0. The molecule has 8 heteroatoms. The highest BCUT2D eigenvalue weighted by Gasteiger charge is 2.10. The van der Waals surface area contributed by atoms with Crippen molar-refractivity contribution in [2.24, 2.45) is 0 Å². The van der Waals surface area contributed by atoms with Gasteiger partial charge in [-0.1, -0.05) is 11.6 Å². The van der Waals surface area contributed by atoms with E-state index in [4.69, 9.17) is 17.3 Å². The molecule has 0 aliphatic carbocycles. The van der Waals surface area contributed by atoms with Crippen LogP contribution in [0.5, 0.6) is 0 Å². The van der Waals surface area contributed by atoms with Crippen LogP contribution in [0.2, 0.25) is 5.15 Å². The summed E-state index contributed by atoms with van der Waals surface area (Å²) in [6.07, 6.45) is 1.70. The van der Waals surface area contributed by atoms with E-state index in [0.29, 0.717) is 16.5 Å². The minimum atomic E-state index is -0.220. The standard InChI is InChI=1S/C10H8BrClN4OS/c11-5-1-7(9(12)14-3-5)16-8(17)2-6-4-18-10(13)15-6/h1,3-4H,2H2,(H2,13,15)(H,16,17). The molecule has 2 rings (SSSR count). The van der Waals surface area contributed by atoms with Crippen LogP contribution in [0, 0.1) is 0 Å². The van der Waals surface area contributed by atoms with Gasteiger partial charge in [-0.05, 0) is 22.0 Å². The molecule has 0 fully saturated rings. The summed E-state index contributed by atoms with van der Waals surface area (Å²) >= 11 is 10.4. The fraction of sp³-hybridized carbons (Fsp3) is 0.100. The second-order valence-electron chi connectivity index (χ2n) is 3.39. The zero-order valence-corrected chi connectivity index (χ0v) is 12.1. The third kappa shape index (κ3) is 3.41. The van der Waals surface area contributed by atoms with E-state index in [1.54, 1.807) is 17.6 Å². The largest absolute Gasteiger partial charge is 0.375 e. The SMILES string of the molecule is Nc1nc(CC(=O)Nc2cc(Br)cnc2Cl)cs1. The van der Waals surface area contributed by atoms with E-state index in [-0.39, 0.29) is 17.5 Å². The number of carbonyl (C=O) groups excluding carboxylic acids is 1. The lowest BCUT2D eigenvalue weighted by Gasteiger charge is -2.05. The van der Waals surface area contributed by atoms with Gasteiger partial charge in [-0.15, -0.1) is 11.3 Å².